The Bertz CT molecular complexity index is 6760. The Morgan fingerprint density at radius 2 is 0.722 bits per heavy atom. The number of pyridine rings is 8. The van der Waals surface area contributed by atoms with Crippen LogP contribution in [0.25, 0.3) is 84.7 Å². The Morgan fingerprint density at radius 1 is 0.357 bits per heavy atom. The molecule has 5 saturated heterocycles. The van der Waals surface area contributed by atoms with Crippen molar-refractivity contribution in [2.45, 2.75) is 13.0 Å². The van der Waals surface area contributed by atoms with E-state index in [2.05, 4.69) is 97.9 Å². The standard InChI is InChI=1S/C20H18FN5O.C19H16FN5O.2C18H19N5O2.C17H17N5O/c1-13-11-25(5-4-23-13)17-2-3-19-24-18(9-20(27)26(19)12-17)15-6-14(10-22)7-16(21)8-15;20-15-8-13(11-21)7-14(9-15)17-10-19(26)25-12-16(1-2-18(25)23-17)24-5-3-22-4-6-24;1-25-15-8-13(10-20-11-15)16-9-18(24)23-12-14(2-3-17(23)21-16)22-6-4-19-5-7-22;1-25-17-4-2-3-14(21-17)15-11-18(24)23-12-13(5-6-16(23)20-15)22-9-7-19-8-10-22;23-17-10-15(13-2-1-5-19-11-13)20-16-4-3-14(12-22(16)17)21-8-6-18-7-9-21/h2-3,6-9,12-13,23H,4-5,11H2,1H3;1-2,7-10,12,22H,3-6H2;2-3,8-12,19H,4-7H2,1H3;2-6,11-12,19H,7-10H2,1H3;1-5,10-12,18H,6-9H2/t13-;;;;/m0..../s1. The normalized spacial score (nSPS) is 15.2. The van der Waals surface area contributed by atoms with Gasteiger partial charge in [-0.3, -0.25) is 55.9 Å². The second-order valence-corrected chi connectivity index (χ2v) is 30.3. The number of nitriles is 2. The predicted molar refractivity (Wildman–Crippen MR) is 480 cm³/mol. The highest BCUT2D eigenvalue weighted by Gasteiger charge is 2.22. The summed E-state index contributed by atoms with van der Waals surface area (Å²) in [5, 5.41) is 34.7. The van der Waals surface area contributed by atoms with E-state index in [9.17, 15) is 32.8 Å². The van der Waals surface area contributed by atoms with E-state index in [1.165, 1.54) is 57.3 Å². The molecule has 34 heteroatoms. The van der Waals surface area contributed by atoms with Crippen LogP contribution in [0.5, 0.6) is 11.6 Å². The number of nitrogens with one attached hydrogen (secondary N) is 5. The molecule has 0 spiro atoms. The summed E-state index contributed by atoms with van der Waals surface area (Å²) < 4.78 is 45.5. The van der Waals surface area contributed by atoms with Crippen molar-refractivity contribution in [1.29, 1.82) is 10.5 Å². The minimum absolute atomic E-state index is 0.0779. The number of halogens is 2. The van der Waals surface area contributed by atoms with Crippen molar-refractivity contribution in [2.75, 3.05) is 163 Å². The van der Waals surface area contributed by atoms with E-state index >= 15 is 0 Å². The summed E-state index contributed by atoms with van der Waals surface area (Å²) in [4.78, 5) is 109. The molecule has 126 heavy (non-hydrogen) atoms. The van der Waals surface area contributed by atoms with Gasteiger partial charge < -0.3 is 60.6 Å². The molecule has 2 aromatic carbocycles. The van der Waals surface area contributed by atoms with E-state index in [0.29, 0.717) is 91.2 Å². The van der Waals surface area contributed by atoms with Crippen LogP contribution >= 0.6 is 0 Å². The van der Waals surface area contributed by atoms with Crippen LogP contribution in [0.15, 0.2) is 244 Å². The van der Waals surface area contributed by atoms with Crippen LogP contribution in [0, 0.1) is 34.3 Å². The van der Waals surface area contributed by atoms with E-state index in [4.69, 9.17) is 20.0 Å². The van der Waals surface area contributed by atoms with Gasteiger partial charge in [0.25, 0.3) is 27.8 Å². The molecule has 0 bridgehead atoms. The van der Waals surface area contributed by atoms with Crippen LogP contribution in [0.4, 0.5) is 37.2 Å². The fourth-order valence-corrected chi connectivity index (χ4v) is 15.4. The zero-order chi connectivity index (χ0) is 87.2. The van der Waals surface area contributed by atoms with Crippen molar-refractivity contribution in [1.82, 2.24) is 88.5 Å². The molecule has 5 aliphatic rings. The second kappa shape index (κ2) is 39.0. The first-order valence-corrected chi connectivity index (χ1v) is 41.3. The Morgan fingerprint density at radius 3 is 1.10 bits per heavy atom. The van der Waals surface area contributed by atoms with Gasteiger partial charge in [-0.25, -0.2) is 38.7 Å². The van der Waals surface area contributed by atoms with E-state index in [0.717, 1.165) is 176 Å². The van der Waals surface area contributed by atoms with E-state index < -0.39 is 11.6 Å². The maximum atomic E-state index is 13.7. The van der Waals surface area contributed by atoms with Crippen molar-refractivity contribution in [3.63, 3.8) is 0 Å². The lowest BCUT2D eigenvalue weighted by molar-refractivity contribution is 0.398. The number of aromatic nitrogens is 13. The minimum atomic E-state index is -0.533. The number of hydrogen-bond donors (Lipinski definition) is 5. The van der Waals surface area contributed by atoms with Crippen LogP contribution in [-0.2, 0) is 0 Å². The van der Waals surface area contributed by atoms with Gasteiger partial charge in [0.15, 0.2) is 0 Å². The SMILES string of the molecule is COc1cccc(-c2cc(=O)n3cc(N4CCNCC4)ccc3n2)n1.COc1cncc(-c2cc(=O)n3cc(N4CCNCC4)ccc3n2)c1.C[C@H]1CN(c2ccc3nc(-c4cc(F)cc(C#N)c4)cc(=O)n3c2)CCN1.N#Cc1cc(F)cc(-c2cc(=O)n3cc(N4CCNCC4)ccc3n2)c1.O=c1cc(-c2cccnc2)nc2ccc(N3CCNCC3)cn12. The average molecular weight is 1690 g/mol. The van der Waals surface area contributed by atoms with Crippen molar-refractivity contribution in [2.24, 2.45) is 0 Å². The van der Waals surface area contributed by atoms with Gasteiger partial charge in [0.2, 0.25) is 5.88 Å². The summed E-state index contributed by atoms with van der Waals surface area (Å²) in [5.41, 5.74) is 13.0. The van der Waals surface area contributed by atoms with Gasteiger partial charge in [0, 0.05) is 239 Å². The number of fused-ring (bicyclic) bond motifs is 5. The largest absolute Gasteiger partial charge is 0.495 e. The van der Waals surface area contributed by atoms with Gasteiger partial charge >= 0.3 is 0 Å². The molecule has 15 aromatic rings. The summed E-state index contributed by atoms with van der Waals surface area (Å²) in [6.07, 6.45) is 15.9. The van der Waals surface area contributed by atoms with Crippen LogP contribution in [0.3, 0.4) is 0 Å². The summed E-state index contributed by atoms with van der Waals surface area (Å²) in [7, 11) is 3.15. The van der Waals surface area contributed by atoms with E-state index in [1.807, 2.05) is 110 Å². The van der Waals surface area contributed by atoms with Gasteiger partial charge in [-0.1, -0.05) is 6.07 Å². The Hall–Kier alpha value is -15.1. The summed E-state index contributed by atoms with van der Waals surface area (Å²) in [6.45, 7) is 19.7. The minimum Gasteiger partial charge on any atom is -0.495 e. The quantitative estimate of drug-likeness (QED) is 0.0791. The van der Waals surface area contributed by atoms with Crippen LogP contribution < -0.4 is 88.4 Å². The number of piperazine rings is 5. The van der Waals surface area contributed by atoms with Crippen LogP contribution in [-0.4, -0.2) is 206 Å². The molecular formula is C92H89F2N25O7. The third kappa shape index (κ3) is 20.0. The van der Waals surface area contributed by atoms with Crippen molar-refractivity contribution < 1.29 is 18.3 Å². The highest BCUT2D eigenvalue weighted by atomic mass is 19.1. The monoisotopic (exact) mass is 1690 g/mol. The zero-order valence-corrected chi connectivity index (χ0v) is 69.4. The molecule has 638 valence electrons. The highest BCUT2D eigenvalue weighted by molar-refractivity contribution is 5.69. The maximum Gasteiger partial charge on any atom is 0.258 e. The number of rotatable bonds is 12. The van der Waals surface area contributed by atoms with Gasteiger partial charge in [-0.05, 0) is 128 Å². The first kappa shape index (κ1) is 84.5. The first-order valence-electron chi connectivity index (χ1n) is 41.3. The van der Waals surface area contributed by atoms with E-state index in [1.54, 1.807) is 88.9 Å². The molecule has 5 aliphatic heterocycles. The fourth-order valence-electron chi connectivity index (χ4n) is 15.4. The van der Waals surface area contributed by atoms with E-state index in [-0.39, 0.29) is 38.9 Å². The number of benzene rings is 2. The van der Waals surface area contributed by atoms with Crippen LogP contribution in [0.1, 0.15) is 18.1 Å². The molecular weight excluding hydrogens is 1610 g/mol. The molecule has 20 rings (SSSR count). The number of nitrogens with zero attached hydrogens (tertiary/aromatic N) is 20. The Labute approximate surface area is 720 Å². The summed E-state index contributed by atoms with van der Waals surface area (Å²) in [6, 6.07) is 49.6. The number of hydrogen-bond acceptors (Lipinski definition) is 27. The van der Waals surface area contributed by atoms with Gasteiger partial charge in [-0.2, -0.15) is 10.5 Å². The lowest BCUT2D eigenvalue weighted by Crippen LogP contribution is -2.49. The molecule has 5 fully saturated rings. The van der Waals surface area contributed by atoms with Gasteiger partial charge in [-0.15, -0.1) is 0 Å². The number of anilines is 5. The van der Waals surface area contributed by atoms with Crippen molar-refractivity contribution in [3.8, 4) is 80.2 Å². The van der Waals surface area contributed by atoms with Crippen LogP contribution in [0.2, 0.25) is 0 Å². The lowest BCUT2D eigenvalue weighted by atomic mass is 10.1. The lowest BCUT2D eigenvalue weighted by Gasteiger charge is -2.33. The molecule has 32 nitrogen and oxygen atoms in total. The second-order valence-electron chi connectivity index (χ2n) is 30.3. The van der Waals surface area contributed by atoms with Crippen molar-refractivity contribution >= 4 is 56.7 Å². The molecule has 0 radical (unpaired) electrons. The Balaban J connectivity index is 0.000000116. The van der Waals surface area contributed by atoms with Gasteiger partial charge in [0.1, 0.15) is 45.6 Å². The van der Waals surface area contributed by atoms with Crippen molar-refractivity contribution in [3.05, 3.63) is 294 Å². The molecule has 0 amide bonds. The van der Waals surface area contributed by atoms with Gasteiger partial charge in [0.05, 0.1) is 106 Å². The number of methoxy groups -OCH3 is 2. The molecule has 5 N–H and O–H groups in total. The average Bonchev–Trinajstić information content (AvgIpc) is 0.779. The zero-order valence-electron chi connectivity index (χ0n) is 69.4. The molecule has 0 saturated carbocycles. The maximum absolute atomic E-state index is 13.7. The molecule has 13 aromatic heterocycles. The summed E-state index contributed by atoms with van der Waals surface area (Å²) >= 11 is 0. The topological polar surface area (TPSA) is 353 Å². The fraction of sp³-hybridized carbons (Fsp3) is 0.250. The highest BCUT2D eigenvalue weighted by Crippen LogP contribution is 2.28. The molecule has 0 aliphatic carbocycles. The Kier molecular flexibility index (Phi) is 26.2. The molecule has 18 heterocycles. The molecule has 0 unspecified atom stereocenters. The first-order chi connectivity index (χ1) is 61.5. The molecule has 1 atom stereocenters. The number of ether oxygens (including phenoxy) is 2. The third-order valence-electron chi connectivity index (χ3n) is 21.9. The third-order valence-corrected chi connectivity index (χ3v) is 21.9. The smallest absolute Gasteiger partial charge is 0.258 e. The summed E-state index contributed by atoms with van der Waals surface area (Å²) in [5.74, 6) is 0.0615. The predicted octanol–water partition coefficient (Wildman–Crippen LogP) is 7.47.